The highest BCUT2D eigenvalue weighted by atomic mass is 35.5. The minimum atomic E-state index is -1.28. The molecule has 0 aliphatic heterocycles. The van der Waals surface area contributed by atoms with Crippen LogP contribution in [0.25, 0.3) is 0 Å². The van der Waals surface area contributed by atoms with Crippen molar-refractivity contribution in [3.05, 3.63) is 33.3 Å². The van der Waals surface area contributed by atoms with E-state index in [1.807, 2.05) is 0 Å². The Morgan fingerprint density at radius 3 is 2.12 bits per heavy atom. The molecule has 1 aromatic rings. The first-order chi connectivity index (χ1) is 7.76. The molecule has 0 bridgehead atoms. The van der Waals surface area contributed by atoms with Crippen molar-refractivity contribution in [3.63, 3.8) is 0 Å². The molecule has 1 aliphatic rings. The van der Waals surface area contributed by atoms with Gasteiger partial charge in [-0.05, 0) is 30.2 Å². The number of carboxylic acids is 1. The van der Waals surface area contributed by atoms with Crippen LogP contribution in [0.5, 0.6) is 0 Å². The van der Waals surface area contributed by atoms with Gasteiger partial charge in [0.25, 0.3) is 0 Å². The van der Waals surface area contributed by atoms with Gasteiger partial charge in [0.2, 0.25) is 0 Å². The van der Waals surface area contributed by atoms with E-state index in [-0.39, 0.29) is 0 Å². The fourth-order valence-corrected chi connectivity index (χ4v) is 3.21. The third-order valence-electron chi connectivity index (χ3n) is 2.98. The van der Waals surface area contributed by atoms with Crippen LogP contribution in [0.15, 0.2) is 12.1 Å². The van der Waals surface area contributed by atoms with Crippen LogP contribution < -0.4 is 0 Å². The number of rotatable bonds is 2. The van der Waals surface area contributed by atoms with E-state index in [9.17, 15) is 4.79 Å². The maximum atomic E-state index is 11.0. The summed E-state index contributed by atoms with van der Waals surface area (Å²) in [5, 5.41) is 9.94. The second kappa shape index (κ2) is 4.20. The molecule has 0 unspecified atom stereocenters. The summed E-state index contributed by atoms with van der Waals surface area (Å²) in [6.45, 7) is 1.78. The first-order valence-corrected chi connectivity index (χ1v) is 6.34. The van der Waals surface area contributed by atoms with E-state index in [0.717, 1.165) is 5.56 Å². The van der Waals surface area contributed by atoms with Crippen LogP contribution in [0.2, 0.25) is 10.0 Å². The predicted molar refractivity (Wildman–Crippen MR) is 69.5 cm³/mol. The van der Waals surface area contributed by atoms with Crippen LogP contribution in [0, 0.1) is 12.8 Å². The van der Waals surface area contributed by atoms with E-state index in [0.29, 0.717) is 15.6 Å². The quantitative estimate of drug-likeness (QED) is 0.828. The smallest absolute Gasteiger partial charge is 0.310 e. The van der Waals surface area contributed by atoms with Crippen LogP contribution in [0.1, 0.15) is 17.0 Å². The summed E-state index contributed by atoms with van der Waals surface area (Å²) in [4.78, 5) is 11.0. The average molecular weight is 314 g/mol. The molecule has 1 fully saturated rings. The molecule has 0 radical (unpaired) electrons. The van der Waals surface area contributed by atoms with Gasteiger partial charge < -0.3 is 5.11 Å². The Balaban J connectivity index is 2.41. The highest BCUT2D eigenvalue weighted by molar-refractivity contribution is 6.53. The van der Waals surface area contributed by atoms with Crippen LogP contribution in [0.3, 0.4) is 0 Å². The molecule has 17 heavy (non-hydrogen) atoms. The fraction of sp³-hybridized carbons (Fsp3) is 0.364. The number of halogens is 4. The zero-order valence-corrected chi connectivity index (χ0v) is 11.7. The Bertz CT molecular complexity index is 475. The molecule has 0 amide bonds. The number of carboxylic acid groups (broad SMARTS) is 1. The highest BCUT2D eigenvalue weighted by Crippen LogP contribution is 2.65. The van der Waals surface area contributed by atoms with Crippen LogP contribution in [-0.4, -0.2) is 15.4 Å². The lowest BCUT2D eigenvalue weighted by molar-refractivity contribution is -0.138. The average Bonchev–Trinajstić information content (AvgIpc) is 2.77. The lowest BCUT2D eigenvalue weighted by Gasteiger charge is -2.06. The summed E-state index contributed by atoms with van der Waals surface area (Å²) in [5.41, 5.74) is 1.40. The van der Waals surface area contributed by atoms with Gasteiger partial charge in [0.15, 0.2) is 0 Å². The third-order valence-corrected chi connectivity index (χ3v) is 4.71. The second-order valence-electron chi connectivity index (χ2n) is 4.08. The van der Waals surface area contributed by atoms with Crippen molar-refractivity contribution in [1.29, 1.82) is 0 Å². The largest absolute Gasteiger partial charge is 0.481 e. The predicted octanol–water partition coefficient (Wildman–Crippen LogP) is 4.27. The van der Waals surface area contributed by atoms with Crippen molar-refractivity contribution in [1.82, 2.24) is 0 Å². The van der Waals surface area contributed by atoms with Gasteiger partial charge in [0.1, 0.15) is 4.33 Å². The summed E-state index contributed by atoms with van der Waals surface area (Å²) in [5.74, 6) is -2.31. The van der Waals surface area contributed by atoms with Crippen molar-refractivity contribution in [2.75, 3.05) is 0 Å². The Kier molecular flexibility index (Phi) is 3.28. The number of aliphatic carboxylic acids is 1. The van der Waals surface area contributed by atoms with Gasteiger partial charge in [0.05, 0.1) is 5.92 Å². The summed E-state index contributed by atoms with van der Waals surface area (Å²) in [7, 11) is 0. The topological polar surface area (TPSA) is 37.3 Å². The van der Waals surface area contributed by atoms with Gasteiger partial charge in [-0.25, -0.2) is 0 Å². The summed E-state index contributed by atoms with van der Waals surface area (Å²) < 4.78 is -1.28. The maximum Gasteiger partial charge on any atom is 0.310 e. The molecule has 2 rings (SSSR count). The second-order valence-corrected chi connectivity index (χ2v) is 6.34. The normalized spacial score (nSPS) is 25.7. The molecule has 1 aromatic carbocycles. The van der Waals surface area contributed by atoms with E-state index < -0.39 is 22.1 Å². The number of benzene rings is 1. The summed E-state index contributed by atoms with van der Waals surface area (Å²) in [6, 6.07) is 3.33. The highest BCUT2D eigenvalue weighted by Gasteiger charge is 2.68. The Morgan fingerprint density at radius 1 is 1.29 bits per heavy atom. The fourth-order valence-electron chi connectivity index (χ4n) is 1.89. The van der Waals surface area contributed by atoms with Gasteiger partial charge in [0, 0.05) is 16.0 Å². The van der Waals surface area contributed by atoms with Crippen molar-refractivity contribution in [2.45, 2.75) is 17.2 Å². The van der Waals surface area contributed by atoms with Gasteiger partial charge >= 0.3 is 5.97 Å². The van der Waals surface area contributed by atoms with Crippen LogP contribution in [0.4, 0.5) is 0 Å². The Morgan fingerprint density at radius 2 is 1.76 bits per heavy atom. The number of hydrogen-bond donors (Lipinski definition) is 1. The van der Waals surface area contributed by atoms with Gasteiger partial charge in [-0.1, -0.05) is 46.4 Å². The van der Waals surface area contributed by atoms with E-state index in [4.69, 9.17) is 51.5 Å². The molecule has 1 aliphatic carbocycles. The summed E-state index contributed by atoms with van der Waals surface area (Å²) >= 11 is 23.9. The van der Waals surface area contributed by atoms with E-state index in [2.05, 4.69) is 0 Å². The van der Waals surface area contributed by atoms with Crippen molar-refractivity contribution in [3.8, 4) is 0 Å². The molecule has 1 saturated carbocycles. The van der Waals surface area contributed by atoms with Gasteiger partial charge in [-0.3, -0.25) is 4.79 Å². The van der Waals surface area contributed by atoms with Gasteiger partial charge in [-0.2, -0.15) is 0 Å². The molecule has 0 aromatic heterocycles. The van der Waals surface area contributed by atoms with Crippen molar-refractivity contribution in [2.24, 2.45) is 5.92 Å². The minimum absolute atomic E-state index is 0.473. The van der Waals surface area contributed by atoms with E-state index >= 15 is 0 Å². The molecule has 2 atom stereocenters. The first kappa shape index (κ1) is 13.3. The number of carbonyl (C=O) groups is 1. The Labute approximate surface area is 118 Å². The molecular formula is C11H8Cl4O2. The molecule has 0 saturated heterocycles. The molecule has 1 N–H and O–H groups in total. The van der Waals surface area contributed by atoms with Crippen molar-refractivity contribution >= 4 is 52.4 Å². The van der Waals surface area contributed by atoms with Crippen LogP contribution >= 0.6 is 46.4 Å². The molecule has 92 valence electrons. The van der Waals surface area contributed by atoms with Crippen molar-refractivity contribution < 1.29 is 9.90 Å². The van der Waals surface area contributed by atoms with E-state index in [1.165, 1.54) is 0 Å². The zero-order chi connectivity index (χ0) is 13.0. The van der Waals surface area contributed by atoms with Gasteiger partial charge in [-0.15, -0.1) is 0 Å². The lowest BCUT2D eigenvalue weighted by atomic mass is 10.1. The minimum Gasteiger partial charge on any atom is -0.481 e. The third kappa shape index (κ3) is 2.12. The van der Waals surface area contributed by atoms with Crippen LogP contribution in [-0.2, 0) is 4.79 Å². The molecule has 6 heteroatoms. The summed E-state index contributed by atoms with van der Waals surface area (Å²) in [6.07, 6.45) is 0. The number of alkyl halides is 2. The number of hydrogen-bond acceptors (Lipinski definition) is 1. The monoisotopic (exact) mass is 312 g/mol. The van der Waals surface area contributed by atoms with E-state index in [1.54, 1.807) is 19.1 Å². The molecule has 0 spiro atoms. The zero-order valence-electron chi connectivity index (χ0n) is 8.68. The molecule has 2 nitrogen and oxygen atoms in total. The SMILES string of the molecule is Cc1c(Cl)cc([C@@H]2[C@@H](C(=O)O)C2(Cl)Cl)cc1Cl. The molecular weight excluding hydrogens is 306 g/mol. The standard InChI is InChI=1S/C11H8Cl4O2/c1-4-6(12)2-5(3-7(4)13)8-9(10(16)17)11(8,14)15/h2-3,8-9H,1H3,(H,16,17)/t8-,9+/m1/s1. The molecule has 0 heterocycles. The Hall–Kier alpha value is -0.150. The first-order valence-electron chi connectivity index (χ1n) is 4.83. The lowest BCUT2D eigenvalue weighted by Crippen LogP contribution is -2.03. The maximum absolute atomic E-state index is 11.0.